The van der Waals surface area contributed by atoms with Crippen molar-refractivity contribution >= 4 is 29.0 Å². The largest absolute Gasteiger partial charge is 0.496 e. The molecule has 3 nitrogen and oxygen atoms in total. The van der Waals surface area contributed by atoms with Gasteiger partial charge in [-0.2, -0.15) is 0 Å². The molecule has 3 rings (SSSR count). The molecule has 0 unspecified atom stereocenters. The van der Waals surface area contributed by atoms with Crippen molar-refractivity contribution in [3.63, 3.8) is 0 Å². The number of fused-ring (bicyclic) bond motifs is 1. The average molecular weight is 315 g/mol. The summed E-state index contributed by atoms with van der Waals surface area (Å²) in [5.41, 5.74) is 1.32. The third-order valence-corrected chi connectivity index (χ3v) is 3.53. The number of benzene rings is 2. The highest BCUT2D eigenvalue weighted by Gasteiger charge is 2.05. The Morgan fingerprint density at radius 1 is 0.955 bits per heavy atom. The molecule has 1 N–H and O–H groups in total. The number of aromatic nitrogens is 1. The summed E-state index contributed by atoms with van der Waals surface area (Å²) in [6.07, 6.45) is 2.79. The molecule has 0 bridgehead atoms. The molecule has 0 spiro atoms. The van der Waals surface area contributed by atoms with E-state index in [1.807, 2.05) is 30.5 Å². The van der Waals surface area contributed by atoms with Crippen LogP contribution in [0.3, 0.4) is 0 Å². The number of halogens is 1. The van der Waals surface area contributed by atoms with Gasteiger partial charge in [-0.3, -0.25) is 0 Å². The van der Waals surface area contributed by atoms with E-state index in [1.165, 1.54) is 5.56 Å². The van der Waals surface area contributed by atoms with Crippen LogP contribution in [0.2, 0.25) is 0 Å². The van der Waals surface area contributed by atoms with Crippen molar-refractivity contribution in [3.8, 4) is 5.75 Å². The second-order valence-electron chi connectivity index (χ2n) is 4.88. The van der Waals surface area contributed by atoms with Crippen LogP contribution in [0.5, 0.6) is 5.75 Å². The number of rotatable bonds is 5. The van der Waals surface area contributed by atoms with Gasteiger partial charge in [0.1, 0.15) is 11.6 Å². The van der Waals surface area contributed by atoms with E-state index in [1.54, 1.807) is 7.11 Å². The molecule has 0 radical (unpaired) electrons. The number of anilines is 1. The Labute approximate surface area is 136 Å². The lowest BCUT2D eigenvalue weighted by Crippen LogP contribution is -2.06. The molecule has 2 aromatic carbocycles. The third-order valence-electron chi connectivity index (χ3n) is 3.53. The fourth-order valence-corrected chi connectivity index (χ4v) is 2.47. The third kappa shape index (κ3) is 3.49. The van der Waals surface area contributed by atoms with Crippen LogP contribution < -0.4 is 10.1 Å². The first-order valence-corrected chi connectivity index (χ1v) is 7.08. The van der Waals surface area contributed by atoms with E-state index in [9.17, 15) is 0 Å². The van der Waals surface area contributed by atoms with Crippen molar-refractivity contribution in [2.75, 3.05) is 19.0 Å². The summed E-state index contributed by atoms with van der Waals surface area (Å²) < 4.78 is 5.40. The predicted octanol–water partition coefficient (Wildman–Crippen LogP) is 4.32. The summed E-state index contributed by atoms with van der Waals surface area (Å²) >= 11 is 0. The van der Waals surface area contributed by atoms with Crippen molar-refractivity contribution in [2.45, 2.75) is 6.42 Å². The maximum absolute atomic E-state index is 5.40. The summed E-state index contributed by atoms with van der Waals surface area (Å²) in [5.74, 6) is 1.78. The molecule has 0 saturated heterocycles. The van der Waals surface area contributed by atoms with Gasteiger partial charge in [0.05, 0.1) is 7.11 Å². The maximum atomic E-state index is 5.40. The second kappa shape index (κ2) is 7.66. The highest BCUT2D eigenvalue weighted by Crippen LogP contribution is 2.28. The van der Waals surface area contributed by atoms with Crippen LogP contribution in [0.25, 0.3) is 10.8 Å². The number of methoxy groups -OCH3 is 1. The smallest absolute Gasteiger partial charge is 0.133 e. The molecule has 0 aliphatic heterocycles. The van der Waals surface area contributed by atoms with Gasteiger partial charge < -0.3 is 10.1 Å². The minimum atomic E-state index is 0. The topological polar surface area (TPSA) is 34.1 Å². The first-order chi connectivity index (χ1) is 10.4. The Kier molecular flexibility index (Phi) is 5.61. The predicted molar refractivity (Wildman–Crippen MR) is 94.2 cm³/mol. The minimum absolute atomic E-state index is 0. The molecule has 1 aromatic heterocycles. The second-order valence-corrected chi connectivity index (χ2v) is 4.88. The van der Waals surface area contributed by atoms with Crippen LogP contribution in [-0.4, -0.2) is 18.6 Å². The Morgan fingerprint density at radius 3 is 2.55 bits per heavy atom. The summed E-state index contributed by atoms with van der Waals surface area (Å²) in [6, 6.07) is 18.5. The van der Waals surface area contributed by atoms with Crippen LogP contribution in [0.1, 0.15) is 5.56 Å². The fraction of sp³-hybridized carbons (Fsp3) is 0.167. The first-order valence-electron chi connectivity index (χ1n) is 7.08. The van der Waals surface area contributed by atoms with Crippen molar-refractivity contribution in [1.82, 2.24) is 4.98 Å². The van der Waals surface area contributed by atoms with E-state index < -0.39 is 0 Å². The molecule has 1 heterocycles. The molecule has 0 atom stereocenters. The molecule has 0 aliphatic carbocycles. The highest BCUT2D eigenvalue weighted by molar-refractivity contribution is 5.95. The van der Waals surface area contributed by atoms with Crippen molar-refractivity contribution < 1.29 is 4.74 Å². The molecule has 22 heavy (non-hydrogen) atoms. The first kappa shape index (κ1) is 16.1. The number of nitrogens with one attached hydrogen (secondary N) is 1. The van der Waals surface area contributed by atoms with Crippen molar-refractivity contribution in [2.24, 2.45) is 0 Å². The van der Waals surface area contributed by atoms with E-state index in [0.717, 1.165) is 35.3 Å². The molecule has 4 heteroatoms. The van der Waals surface area contributed by atoms with Gasteiger partial charge in [-0.25, -0.2) is 4.98 Å². The molecule has 0 aliphatic rings. The monoisotopic (exact) mass is 314 g/mol. The summed E-state index contributed by atoms with van der Waals surface area (Å²) in [6.45, 7) is 0.855. The molecular formula is C18H19ClN2O. The average Bonchev–Trinajstić information content (AvgIpc) is 2.55. The van der Waals surface area contributed by atoms with Crippen LogP contribution in [0.15, 0.2) is 60.8 Å². The zero-order valence-corrected chi connectivity index (χ0v) is 13.3. The van der Waals surface area contributed by atoms with Gasteiger partial charge in [0.25, 0.3) is 0 Å². The van der Waals surface area contributed by atoms with E-state index in [0.29, 0.717) is 0 Å². The zero-order chi connectivity index (χ0) is 14.5. The van der Waals surface area contributed by atoms with Crippen LogP contribution in [0, 0.1) is 0 Å². The van der Waals surface area contributed by atoms with Crippen molar-refractivity contribution in [3.05, 3.63) is 66.4 Å². The summed E-state index contributed by atoms with van der Waals surface area (Å²) in [7, 11) is 1.69. The van der Waals surface area contributed by atoms with Gasteiger partial charge in [0, 0.05) is 23.5 Å². The van der Waals surface area contributed by atoms with Gasteiger partial charge in [0.2, 0.25) is 0 Å². The fourth-order valence-electron chi connectivity index (χ4n) is 2.47. The zero-order valence-electron chi connectivity index (χ0n) is 12.5. The maximum Gasteiger partial charge on any atom is 0.133 e. The van der Waals surface area contributed by atoms with Crippen LogP contribution in [-0.2, 0) is 6.42 Å². The Bertz CT molecular complexity index is 731. The molecular weight excluding hydrogens is 296 g/mol. The van der Waals surface area contributed by atoms with Crippen LogP contribution in [0.4, 0.5) is 5.82 Å². The van der Waals surface area contributed by atoms with Crippen LogP contribution >= 0.6 is 12.4 Å². The SMILES string of the molecule is COc1cccc2c(NCCc3ccccc3)nccc12.Cl. The lowest BCUT2D eigenvalue weighted by molar-refractivity contribution is 0.420. The molecule has 3 aromatic rings. The minimum Gasteiger partial charge on any atom is -0.496 e. The number of pyridine rings is 1. The number of ether oxygens (including phenoxy) is 1. The van der Waals surface area contributed by atoms with Gasteiger partial charge in [0.15, 0.2) is 0 Å². The molecule has 0 amide bonds. The number of hydrogen-bond donors (Lipinski definition) is 1. The molecule has 0 saturated carbocycles. The Hall–Kier alpha value is -2.26. The normalized spacial score (nSPS) is 10.0. The van der Waals surface area contributed by atoms with E-state index in [-0.39, 0.29) is 12.4 Å². The van der Waals surface area contributed by atoms with Gasteiger partial charge in [-0.05, 0) is 24.1 Å². The molecule has 114 valence electrons. The van der Waals surface area contributed by atoms with Gasteiger partial charge in [-0.1, -0.05) is 42.5 Å². The van der Waals surface area contributed by atoms with E-state index >= 15 is 0 Å². The van der Waals surface area contributed by atoms with Gasteiger partial charge in [-0.15, -0.1) is 12.4 Å². The number of hydrogen-bond acceptors (Lipinski definition) is 3. The van der Waals surface area contributed by atoms with E-state index in [4.69, 9.17) is 4.74 Å². The van der Waals surface area contributed by atoms with Gasteiger partial charge >= 0.3 is 0 Å². The van der Waals surface area contributed by atoms with Crippen molar-refractivity contribution in [1.29, 1.82) is 0 Å². The van der Waals surface area contributed by atoms with E-state index in [2.05, 4.69) is 40.6 Å². The quantitative estimate of drug-likeness (QED) is 0.761. The lowest BCUT2D eigenvalue weighted by Gasteiger charge is -2.10. The molecule has 0 fully saturated rings. The lowest BCUT2D eigenvalue weighted by atomic mass is 10.1. The number of nitrogens with zero attached hydrogens (tertiary/aromatic N) is 1. The standard InChI is InChI=1S/C18H18N2O.ClH/c1-21-17-9-5-8-16-15(17)11-13-20-18(16)19-12-10-14-6-3-2-4-7-14;/h2-9,11,13H,10,12H2,1H3,(H,19,20);1H. The Balaban J connectivity index is 0.00000176. The summed E-state index contributed by atoms with van der Waals surface area (Å²) in [5, 5.41) is 5.59. The highest BCUT2D eigenvalue weighted by atomic mass is 35.5. The summed E-state index contributed by atoms with van der Waals surface area (Å²) in [4.78, 5) is 4.45. The Morgan fingerprint density at radius 2 is 1.77 bits per heavy atom.